The molecule has 0 fully saturated rings. The van der Waals surface area contributed by atoms with E-state index in [1.807, 2.05) is 30.3 Å². The Bertz CT molecular complexity index is 382. The molecule has 0 aliphatic rings. The van der Waals surface area contributed by atoms with Crippen molar-refractivity contribution in [2.24, 2.45) is 0 Å². The van der Waals surface area contributed by atoms with E-state index in [9.17, 15) is 5.11 Å². The number of aromatic hydroxyl groups is 1. The number of phenolic OH excluding ortho intramolecular Hbond substituents is 1. The molecular weight excluding hydrogens is 215 g/mol. The number of benzene rings is 2. The van der Waals surface area contributed by atoms with Crippen molar-refractivity contribution in [1.82, 2.24) is 0 Å². The Kier molecular flexibility index (Phi) is 1.80. The molecule has 2 rings (SSSR count). The van der Waals surface area contributed by atoms with Crippen molar-refractivity contribution in [2.75, 3.05) is 0 Å². The SMILES string of the molecule is Oc1cccc2c([SeH])cccc12. The average molecular weight is 223 g/mol. The molecule has 0 spiro atoms. The molecule has 1 nitrogen and oxygen atoms in total. The van der Waals surface area contributed by atoms with Gasteiger partial charge in [-0.3, -0.25) is 0 Å². The van der Waals surface area contributed by atoms with E-state index in [-0.39, 0.29) is 0 Å². The Balaban J connectivity index is 2.94. The van der Waals surface area contributed by atoms with E-state index in [1.165, 1.54) is 0 Å². The first-order valence-electron chi connectivity index (χ1n) is 3.69. The summed E-state index contributed by atoms with van der Waals surface area (Å²) in [6, 6.07) is 11.4. The average Bonchev–Trinajstić information content (AvgIpc) is 2.07. The second kappa shape index (κ2) is 2.81. The molecule has 0 aliphatic carbocycles. The monoisotopic (exact) mass is 224 g/mol. The number of hydrogen-bond acceptors (Lipinski definition) is 1. The van der Waals surface area contributed by atoms with Gasteiger partial charge in [-0.1, -0.05) is 0 Å². The Labute approximate surface area is 78.8 Å². The molecule has 0 saturated heterocycles. The van der Waals surface area contributed by atoms with E-state index in [4.69, 9.17) is 0 Å². The molecule has 2 heteroatoms. The zero-order valence-corrected chi connectivity index (χ0v) is 8.24. The third kappa shape index (κ3) is 1.09. The molecule has 0 saturated carbocycles. The second-order valence-corrected chi connectivity index (χ2v) is 3.66. The standard InChI is InChI=1S/C10H8OSe/c11-9-5-1-4-8-7(9)3-2-6-10(8)12/h1-6,11-12H. The summed E-state index contributed by atoms with van der Waals surface area (Å²) in [7, 11) is 0. The third-order valence-electron chi connectivity index (χ3n) is 1.88. The summed E-state index contributed by atoms with van der Waals surface area (Å²) in [4.78, 5) is 0. The zero-order chi connectivity index (χ0) is 8.55. The minimum atomic E-state index is 0.348. The van der Waals surface area contributed by atoms with Gasteiger partial charge < -0.3 is 0 Å². The van der Waals surface area contributed by atoms with Crippen LogP contribution in [0.5, 0.6) is 5.75 Å². The van der Waals surface area contributed by atoms with Crippen molar-refractivity contribution < 1.29 is 5.11 Å². The van der Waals surface area contributed by atoms with Gasteiger partial charge >= 0.3 is 78.5 Å². The van der Waals surface area contributed by atoms with Gasteiger partial charge in [-0.15, -0.1) is 0 Å². The Morgan fingerprint density at radius 3 is 2.33 bits per heavy atom. The van der Waals surface area contributed by atoms with Gasteiger partial charge in [0, 0.05) is 0 Å². The molecule has 0 aliphatic heterocycles. The molecule has 0 amide bonds. The summed E-state index contributed by atoms with van der Waals surface area (Å²) in [6.07, 6.45) is 0. The molecule has 2 aromatic carbocycles. The molecule has 0 unspecified atom stereocenters. The number of rotatable bonds is 0. The van der Waals surface area contributed by atoms with Crippen molar-refractivity contribution in [1.29, 1.82) is 0 Å². The van der Waals surface area contributed by atoms with Crippen LogP contribution < -0.4 is 4.46 Å². The molecule has 12 heavy (non-hydrogen) atoms. The summed E-state index contributed by atoms with van der Waals surface area (Å²) in [6.45, 7) is 0. The van der Waals surface area contributed by atoms with Crippen LogP contribution in [0.4, 0.5) is 0 Å². The summed E-state index contributed by atoms with van der Waals surface area (Å²) < 4.78 is 1.14. The first kappa shape index (κ1) is 7.66. The predicted octanol–water partition coefficient (Wildman–Crippen LogP) is 1.07. The van der Waals surface area contributed by atoms with Gasteiger partial charge in [0.1, 0.15) is 0 Å². The van der Waals surface area contributed by atoms with Crippen LogP contribution in [-0.4, -0.2) is 21.1 Å². The van der Waals surface area contributed by atoms with Gasteiger partial charge in [-0.25, -0.2) is 0 Å². The molecule has 60 valence electrons. The van der Waals surface area contributed by atoms with Crippen LogP contribution in [0.3, 0.4) is 0 Å². The van der Waals surface area contributed by atoms with Crippen LogP contribution in [0, 0.1) is 0 Å². The van der Waals surface area contributed by atoms with Crippen LogP contribution in [-0.2, 0) is 0 Å². The normalized spacial score (nSPS) is 10.4. The first-order chi connectivity index (χ1) is 5.79. The summed E-state index contributed by atoms with van der Waals surface area (Å²) in [5.74, 6) is 0.348. The number of phenols is 1. The maximum absolute atomic E-state index is 9.49. The predicted molar refractivity (Wildman–Crippen MR) is 52.4 cm³/mol. The van der Waals surface area contributed by atoms with Crippen LogP contribution in [0.1, 0.15) is 0 Å². The van der Waals surface area contributed by atoms with Crippen molar-refractivity contribution in [3.8, 4) is 5.75 Å². The van der Waals surface area contributed by atoms with Crippen molar-refractivity contribution in [3.05, 3.63) is 36.4 Å². The van der Waals surface area contributed by atoms with E-state index in [2.05, 4.69) is 16.0 Å². The fourth-order valence-corrected chi connectivity index (χ4v) is 1.87. The van der Waals surface area contributed by atoms with Crippen LogP contribution >= 0.6 is 0 Å². The van der Waals surface area contributed by atoms with Gasteiger partial charge in [0.2, 0.25) is 0 Å². The zero-order valence-electron chi connectivity index (χ0n) is 6.36. The first-order valence-corrected chi connectivity index (χ1v) is 4.62. The Morgan fingerprint density at radius 2 is 1.58 bits per heavy atom. The molecular formula is C10H8OSe. The van der Waals surface area contributed by atoms with Gasteiger partial charge in [-0.2, -0.15) is 0 Å². The number of fused-ring (bicyclic) bond motifs is 1. The van der Waals surface area contributed by atoms with Gasteiger partial charge in [0.05, 0.1) is 0 Å². The van der Waals surface area contributed by atoms with Crippen LogP contribution in [0.15, 0.2) is 36.4 Å². The fraction of sp³-hybridized carbons (Fsp3) is 0. The van der Waals surface area contributed by atoms with Gasteiger partial charge in [0.15, 0.2) is 0 Å². The summed E-state index contributed by atoms with van der Waals surface area (Å²) in [5, 5.41) is 11.5. The summed E-state index contributed by atoms with van der Waals surface area (Å²) >= 11 is 2.50. The molecule has 0 heterocycles. The maximum atomic E-state index is 9.49. The van der Waals surface area contributed by atoms with E-state index in [0.29, 0.717) is 5.75 Å². The van der Waals surface area contributed by atoms with Crippen molar-refractivity contribution in [3.63, 3.8) is 0 Å². The third-order valence-corrected chi connectivity index (χ3v) is 2.69. The van der Waals surface area contributed by atoms with Crippen molar-refractivity contribution in [2.45, 2.75) is 0 Å². The van der Waals surface area contributed by atoms with Crippen LogP contribution in [0.2, 0.25) is 0 Å². The van der Waals surface area contributed by atoms with E-state index in [1.54, 1.807) is 6.07 Å². The van der Waals surface area contributed by atoms with E-state index >= 15 is 0 Å². The molecule has 2 aromatic rings. The Hall–Kier alpha value is -0.981. The summed E-state index contributed by atoms with van der Waals surface area (Å²) in [5.41, 5.74) is 0. The van der Waals surface area contributed by atoms with Gasteiger partial charge in [0.25, 0.3) is 0 Å². The van der Waals surface area contributed by atoms with Gasteiger partial charge in [-0.05, 0) is 0 Å². The molecule has 0 radical (unpaired) electrons. The molecule has 0 bridgehead atoms. The van der Waals surface area contributed by atoms with E-state index in [0.717, 1.165) is 15.2 Å². The topological polar surface area (TPSA) is 20.2 Å². The van der Waals surface area contributed by atoms with E-state index < -0.39 is 0 Å². The minimum absolute atomic E-state index is 0.348. The quantitative estimate of drug-likeness (QED) is 0.662. The van der Waals surface area contributed by atoms with Crippen LogP contribution in [0.25, 0.3) is 10.8 Å². The Morgan fingerprint density at radius 1 is 0.917 bits per heavy atom. The second-order valence-electron chi connectivity index (χ2n) is 2.65. The van der Waals surface area contributed by atoms with Crippen molar-refractivity contribution >= 4 is 31.2 Å². The molecule has 0 atom stereocenters. The molecule has 1 N–H and O–H groups in total. The fourth-order valence-electron chi connectivity index (χ4n) is 1.28. The number of hydrogen-bond donors (Lipinski definition) is 1. The molecule has 0 aromatic heterocycles.